The Labute approximate surface area is 108 Å². The maximum absolute atomic E-state index is 11.4. The van der Waals surface area contributed by atoms with Crippen LogP contribution in [0.15, 0.2) is 18.2 Å². The number of methoxy groups -OCH3 is 1. The topological polar surface area (TPSA) is 64.3 Å². The Morgan fingerprint density at radius 3 is 2.67 bits per heavy atom. The molecule has 4 heteroatoms. The predicted octanol–water partition coefficient (Wildman–Crippen LogP) is 2.80. The Balaban J connectivity index is 2.17. The minimum Gasteiger partial charge on any atom is -0.465 e. The van der Waals surface area contributed by atoms with Crippen LogP contribution in [-0.4, -0.2) is 18.6 Å². The van der Waals surface area contributed by atoms with E-state index in [1.54, 1.807) is 12.1 Å². The van der Waals surface area contributed by atoms with Gasteiger partial charge in [0.25, 0.3) is 0 Å². The largest absolute Gasteiger partial charge is 0.465 e. The molecule has 0 atom stereocenters. The quantitative estimate of drug-likeness (QED) is 0.635. The Morgan fingerprint density at radius 1 is 1.50 bits per heavy atom. The van der Waals surface area contributed by atoms with E-state index in [0.29, 0.717) is 11.3 Å². The second-order valence-electron chi connectivity index (χ2n) is 4.91. The summed E-state index contributed by atoms with van der Waals surface area (Å²) in [6, 6.07) is 5.26. The van der Waals surface area contributed by atoms with Crippen LogP contribution in [-0.2, 0) is 4.74 Å². The zero-order chi connectivity index (χ0) is 13.2. The highest BCUT2D eigenvalue weighted by atomic mass is 16.5. The van der Waals surface area contributed by atoms with Gasteiger partial charge in [-0.1, -0.05) is 6.92 Å². The molecule has 0 amide bonds. The summed E-state index contributed by atoms with van der Waals surface area (Å²) in [5.74, 6) is -0.359. The molecule has 4 nitrogen and oxygen atoms in total. The zero-order valence-electron chi connectivity index (χ0n) is 11.0. The van der Waals surface area contributed by atoms with Crippen LogP contribution >= 0.6 is 0 Å². The fourth-order valence-corrected chi connectivity index (χ4v) is 2.38. The second-order valence-corrected chi connectivity index (χ2v) is 4.91. The highest BCUT2D eigenvalue weighted by Crippen LogP contribution is 2.39. The third kappa shape index (κ3) is 2.28. The summed E-state index contributed by atoms with van der Waals surface area (Å²) in [5.41, 5.74) is 8.17. The summed E-state index contributed by atoms with van der Waals surface area (Å²) in [6.07, 6.45) is 4.72. The lowest BCUT2D eigenvalue weighted by Crippen LogP contribution is -2.44. The van der Waals surface area contributed by atoms with E-state index in [4.69, 9.17) is 5.73 Å². The number of nitrogens with two attached hydrogens (primary N) is 1. The van der Waals surface area contributed by atoms with Crippen molar-refractivity contribution in [2.45, 2.75) is 38.1 Å². The number of carbonyl (C=O) groups is 1. The van der Waals surface area contributed by atoms with Crippen molar-refractivity contribution in [2.75, 3.05) is 18.2 Å². The van der Waals surface area contributed by atoms with Gasteiger partial charge >= 0.3 is 5.97 Å². The molecule has 18 heavy (non-hydrogen) atoms. The molecular formula is C14H20N2O2. The van der Waals surface area contributed by atoms with Gasteiger partial charge in [0.15, 0.2) is 0 Å². The third-order valence-electron chi connectivity index (χ3n) is 3.86. The van der Waals surface area contributed by atoms with Gasteiger partial charge in [-0.2, -0.15) is 0 Å². The normalized spacial score (nSPS) is 16.8. The molecule has 0 bridgehead atoms. The highest BCUT2D eigenvalue weighted by Gasteiger charge is 2.35. The number of anilines is 2. The number of nitrogens with one attached hydrogen (secondary N) is 1. The van der Waals surface area contributed by atoms with Crippen molar-refractivity contribution < 1.29 is 9.53 Å². The molecule has 3 N–H and O–H groups in total. The number of benzene rings is 1. The van der Waals surface area contributed by atoms with Crippen molar-refractivity contribution in [1.29, 1.82) is 0 Å². The molecule has 0 saturated heterocycles. The van der Waals surface area contributed by atoms with Crippen LogP contribution in [0, 0.1) is 0 Å². The zero-order valence-corrected chi connectivity index (χ0v) is 11.0. The molecule has 0 heterocycles. The van der Waals surface area contributed by atoms with Gasteiger partial charge in [0.05, 0.1) is 24.0 Å². The lowest BCUT2D eigenvalue weighted by atomic mass is 9.74. The molecule has 98 valence electrons. The van der Waals surface area contributed by atoms with Gasteiger partial charge < -0.3 is 15.8 Å². The van der Waals surface area contributed by atoms with E-state index in [0.717, 1.165) is 12.1 Å². The standard InChI is InChI=1S/C14H20N2O2/c1-3-14(7-4-8-14)16-12-6-5-10(9-11(12)15)13(17)18-2/h5-6,9,16H,3-4,7-8,15H2,1-2H3. The number of nitrogen functional groups attached to an aromatic ring is 1. The van der Waals surface area contributed by atoms with Gasteiger partial charge in [-0.3, -0.25) is 0 Å². The second kappa shape index (κ2) is 4.88. The number of rotatable bonds is 4. The average molecular weight is 248 g/mol. The Hall–Kier alpha value is -1.71. The monoisotopic (exact) mass is 248 g/mol. The first kappa shape index (κ1) is 12.7. The first-order valence-corrected chi connectivity index (χ1v) is 6.36. The van der Waals surface area contributed by atoms with Crippen molar-refractivity contribution in [2.24, 2.45) is 0 Å². The Bertz CT molecular complexity index is 448. The van der Waals surface area contributed by atoms with Crippen LogP contribution in [0.5, 0.6) is 0 Å². The maximum atomic E-state index is 11.4. The van der Waals surface area contributed by atoms with Gasteiger partial charge in [-0.25, -0.2) is 4.79 Å². The summed E-state index contributed by atoms with van der Waals surface area (Å²) >= 11 is 0. The number of hydrogen-bond donors (Lipinski definition) is 2. The molecule has 1 aliphatic rings. The minimum atomic E-state index is -0.359. The molecular weight excluding hydrogens is 228 g/mol. The fourth-order valence-electron chi connectivity index (χ4n) is 2.38. The molecule has 1 aromatic carbocycles. The number of carbonyl (C=O) groups excluding carboxylic acids is 1. The molecule has 1 saturated carbocycles. The molecule has 1 aliphatic carbocycles. The van der Waals surface area contributed by atoms with Gasteiger partial charge in [0.1, 0.15) is 0 Å². The van der Waals surface area contributed by atoms with E-state index in [-0.39, 0.29) is 11.5 Å². The van der Waals surface area contributed by atoms with Gasteiger partial charge in [-0.15, -0.1) is 0 Å². The molecule has 1 aromatic rings. The summed E-state index contributed by atoms with van der Waals surface area (Å²) in [5, 5.41) is 3.52. The van der Waals surface area contributed by atoms with E-state index in [9.17, 15) is 4.79 Å². The molecule has 0 spiro atoms. The van der Waals surface area contributed by atoms with Gasteiger partial charge in [0, 0.05) is 5.54 Å². The summed E-state index contributed by atoms with van der Waals surface area (Å²) in [7, 11) is 1.37. The van der Waals surface area contributed by atoms with Gasteiger partial charge in [0.2, 0.25) is 0 Å². The molecule has 0 radical (unpaired) electrons. The molecule has 2 rings (SSSR count). The summed E-state index contributed by atoms with van der Waals surface area (Å²) in [4.78, 5) is 11.4. The maximum Gasteiger partial charge on any atom is 0.337 e. The molecule has 0 unspecified atom stereocenters. The van der Waals surface area contributed by atoms with Crippen molar-refractivity contribution in [3.8, 4) is 0 Å². The molecule has 0 aliphatic heterocycles. The SMILES string of the molecule is CCC1(Nc2ccc(C(=O)OC)cc2N)CCC1. The van der Waals surface area contributed by atoms with Crippen LogP contribution in [0.2, 0.25) is 0 Å². The fraction of sp³-hybridized carbons (Fsp3) is 0.500. The van der Waals surface area contributed by atoms with Crippen molar-refractivity contribution in [1.82, 2.24) is 0 Å². The minimum absolute atomic E-state index is 0.195. The first-order chi connectivity index (χ1) is 8.60. The van der Waals surface area contributed by atoms with E-state index in [1.807, 2.05) is 6.07 Å². The van der Waals surface area contributed by atoms with Crippen molar-refractivity contribution >= 4 is 17.3 Å². The van der Waals surface area contributed by atoms with Crippen LogP contribution in [0.1, 0.15) is 43.0 Å². The van der Waals surface area contributed by atoms with Crippen LogP contribution in [0.25, 0.3) is 0 Å². The van der Waals surface area contributed by atoms with Crippen LogP contribution in [0.4, 0.5) is 11.4 Å². The van der Waals surface area contributed by atoms with E-state index in [1.165, 1.54) is 26.4 Å². The van der Waals surface area contributed by atoms with E-state index < -0.39 is 0 Å². The van der Waals surface area contributed by atoms with E-state index in [2.05, 4.69) is 17.0 Å². The lowest BCUT2D eigenvalue weighted by molar-refractivity contribution is 0.0601. The van der Waals surface area contributed by atoms with Gasteiger partial charge in [-0.05, 0) is 43.9 Å². The van der Waals surface area contributed by atoms with Crippen molar-refractivity contribution in [3.05, 3.63) is 23.8 Å². The Morgan fingerprint density at radius 2 is 2.22 bits per heavy atom. The number of ether oxygens (including phenoxy) is 1. The van der Waals surface area contributed by atoms with Crippen LogP contribution in [0.3, 0.4) is 0 Å². The highest BCUT2D eigenvalue weighted by molar-refractivity contribution is 5.91. The van der Waals surface area contributed by atoms with E-state index >= 15 is 0 Å². The summed E-state index contributed by atoms with van der Waals surface area (Å²) in [6.45, 7) is 2.19. The number of esters is 1. The lowest BCUT2D eigenvalue weighted by Gasteiger charge is -2.43. The van der Waals surface area contributed by atoms with Crippen molar-refractivity contribution in [3.63, 3.8) is 0 Å². The Kier molecular flexibility index (Phi) is 3.45. The average Bonchev–Trinajstić information content (AvgIpc) is 2.34. The number of hydrogen-bond acceptors (Lipinski definition) is 4. The first-order valence-electron chi connectivity index (χ1n) is 6.36. The van der Waals surface area contributed by atoms with Crippen LogP contribution < -0.4 is 11.1 Å². The third-order valence-corrected chi connectivity index (χ3v) is 3.86. The smallest absolute Gasteiger partial charge is 0.337 e. The summed E-state index contributed by atoms with van der Waals surface area (Å²) < 4.78 is 4.67. The molecule has 0 aromatic heterocycles. The predicted molar refractivity (Wildman–Crippen MR) is 72.7 cm³/mol. The molecule has 1 fully saturated rings.